The zero-order valence-electron chi connectivity index (χ0n) is 5.94. The van der Waals surface area contributed by atoms with E-state index in [2.05, 4.69) is 0 Å². The first-order valence-electron chi connectivity index (χ1n) is 2.84. The Labute approximate surface area is 64.6 Å². The average Bonchev–Trinajstić information content (AvgIpc) is 1.80. The van der Waals surface area contributed by atoms with E-state index < -0.39 is 16.0 Å². The van der Waals surface area contributed by atoms with Crippen LogP contribution in [0.2, 0.25) is 0 Å². The van der Waals surface area contributed by atoms with Gasteiger partial charge in [0.15, 0.2) is 0 Å². The van der Waals surface area contributed by atoms with Crippen molar-refractivity contribution in [2.45, 2.75) is 13.3 Å². The van der Waals surface area contributed by atoms with Crippen LogP contribution in [0.3, 0.4) is 0 Å². The first-order chi connectivity index (χ1) is 4.87. The summed E-state index contributed by atoms with van der Waals surface area (Å²) in [7, 11) is -4.24. The summed E-state index contributed by atoms with van der Waals surface area (Å²) in [6.07, 6.45) is 0.176. The van der Waals surface area contributed by atoms with Crippen LogP contribution >= 0.6 is 0 Å². The first kappa shape index (κ1) is 10.1. The van der Waals surface area contributed by atoms with E-state index in [0.29, 0.717) is 5.41 Å². The lowest BCUT2D eigenvalue weighted by molar-refractivity contribution is -0.114. The molecule has 64 valence electrons. The molecule has 0 heterocycles. The monoisotopic (exact) mass is 179 g/mol. The summed E-state index contributed by atoms with van der Waals surface area (Å²) in [4.78, 5) is 10.4. The Morgan fingerprint density at radius 2 is 2.09 bits per heavy atom. The summed E-state index contributed by atoms with van der Waals surface area (Å²) in [5, 5.41) is 0.454. The Kier molecular flexibility index (Phi) is 3.21. The molecular weight excluding hydrogens is 170 g/mol. The van der Waals surface area contributed by atoms with E-state index in [1.165, 1.54) is 0 Å². The van der Waals surface area contributed by atoms with Gasteiger partial charge in [-0.1, -0.05) is 6.92 Å². The molecule has 6 heteroatoms. The molecule has 0 atom stereocenters. The van der Waals surface area contributed by atoms with Crippen LogP contribution in [-0.4, -0.2) is 18.9 Å². The lowest BCUT2D eigenvalue weighted by Gasteiger charge is -1.95. The van der Waals surface area contributed by atoms with Gasteiger partial charge in [0.25, 0.3) is 10.1 Å². The molecule has 0 fully saturated rings. The summed E-state index contributed by atoms with van der Waals surface area (Å²) in [6, 6.07) is 0. The van der Waals surface area contributed by atoms with Crippen LogP contribution in [0.4, 0.5) is 0 Å². The van der Waals surface area contributed by atoms with Crippen molar-refractivity contribution in [2.24, 2.45) is 5.73 Å². The van der Waals surface area contributed by atoms with Gasteiger partial charge in [0.05, 0.1) is 5.41 Å². The quantitative estimate of drug-likeness (QED) is 0.457. The fourth-order valence-corrected chi connectivity index (χ4v) is 1.14. The Morgan fingerprint density at radius 1 is 1.64 bits per heavy atom. The molecule has 0 radical (unpaired) electrons. The van der Waals surface area contributed by atoms with Gasteiger partial charge < -0.3 is 5.73 Å². The molecule has 0 spiro atoms. The molecule has 0 saturated carbocycles. The number of carbonyl (C=O) groups is 1. The lowest BCUT2D eigenvalue weighted by atomic mass is 10.2. The van der Waals surface area contributed by atoms with E-state index in [0.717, 1.165) is 0 Å². The number of hydrogen-bond acceptors (Lipinski definition) is 3. The van der Waals surface area contributed by atoms with Gasteiger partial charge in [0, 0.05) is 5.57 Å². The SMILES string of the molecule is CCC(=CS(=O)(=O)O)C(N)=O. The molecule has 3 N–H and O–H groups in total. The van der Waals surface area contributed by atoms with Crippen molar-refractivity contribution in [1.82, 2.24) is 0 Å². The predicted molar refractivity (Wildman–Crippen MR) is 39.1 cm³/mol. The number of rotatable bonds is 3. The number of nitrogens with two attached hydrogens (primary N) is 1. The number of amides is 1. The van der Waals surface area contributed by atoms with Crippen molar-refractivity contribution in [3.63, 3.8) is 0 Å². The number of primary amides is 1. The van der Waals surface area contributed by atoms with E-state index >= 15 is 0 Å². The molecule has 5 nitrogen and oxygen atoms in total. The van der Waals surface area contributed by atoms with Crippen molar-refractivity contribution in [3.8, 4) is 0 Å². The van der Waals surface area contributed by atoms with Gasteiger partial charge >= 0.3 is 0 Å². The second kappa shape index (κ2) is 3.49. The molecule has 0 unspecified atom stereocenters. The molecule has 0 aliphatic carbocycles. The third-order valence-electron chi connectivity index (χ3n) is 0.989. The highest BCUT2D eigenvalue weighted by Crippen LogP contribution is 2.01. The average molecular weight is 179 g/mol. The van der Waals surface area contributed by atoms with Gasteiger partial charge in [0.1, 0.15) is 0 Å². The van der Waals surface area contributed by atoms with Gasteiger partial charge in [-0.2, -0.15) is 8.42 Å². The minimum atomic E-state index is -4.24. The fourth-order valence-electron chi connectivity index (χ4n) is 0.495. The maximum Gasteiger partial charge on any atom is 0.288 e. The topological polar surface area (TPSA) is 97.5 Å². The highest BCUT2D eigenvalue weighted by Gasteiger charge is 2.06. The molecule has 0 saturated heterocycles. The van der Waals surface area contributed by atoms with Crippen LogP contribution in [0.15, 0.2) is 11.0 Å². The summed E-state index contributed by atoms with van der Waals surface area (Å²) in [5.41, 5.74) is 4.65. The van der Waals surface area contributed by atoms with Gasteiger partial charge in [-0.05, 0) is 6.42 Å². The molecule has 0 aromatic heterocycles. The summed E-state index contributed by atoms with van der Waals surface area (Å²) < 4.78 is 28.6. The highest BCUT2D eigenvalue weighted by atomic mass is 32.2. The predicted octanol–water partition coefficient (Wildman–Crippen LogP) is -0.347. The van der Waals surface area contributed by atoms with Gasteiger partial charge in [-0.15, -0.1) is 0 Å². The Balaban J connectivity index is 4.79. The normalized spacial score (nSPS) is 13.1. The van der Waals surface area contributed by atoms with Crippen LogP contribution in [0.5, 0.6) is 0 Å². The Morgan fingerprint density at radius 3 is 2.18 bits per heavy atom. The van der Waals surface area contributed by atoms with Crippen LogP contribution in [0.1, 0.15) is 13.3 Å². The van der Waals surface area contributed by atoms with Crippen LogP contribution in [0, 0.1) is 0 Å². The first-order valence-corrected chi connectivity index (χ1v) is 4.35. The molecule has 0 aromatic carbocycles. The van der Waals surface area contributed by atoms with Crippen molar-refractivity contribution in [3.05, 3.63) is 11.0 Å². The van der Waals surface area contributed by atoms with Crippen molar-refractivity contribution >= 4 is 16.0 Å². The van der Waals surface area contributed by atoms with Crippen molar-refractivity contribution < 1.29 is 17.8 Å². The van der Waals surface area contributed by atoms with E-state index in [9.17, 15) is 13.2 Å². The third kappa shape index (κ3) is 4.51. The van der Waals surface area contributed by atoms with E-state index in [-0.39, 0.29) is 12.0 Å². The maximum absolute atomic E-state index is 10.4. The van der Waals surface area contributed by atoms with Gasteiger partial charge in [0.2, 0.25) is 5.91 Å². The zero-order chi connectivity index (χ0) is 9.07. The van der Waals surface area contributed by atoms with Crippen molar-refractivity contribution in [1.29, 1.82) is 0 Å². The molecule has 1 amide bonds. The second-order valence-electron chi connectivity index (χ2n) is 1.88. The van der Waals surface area contributed by atoms with E-state index in [4.69, 9.17) is 10.3 Å². The Hall–Kier alpha value is -0.880. The van der Waals surface area contributed by atoms with Crippen LogP contribution < -0.4 is 5.73 Å². The summed E-state index contributed by atoms with van der Waals surface area (Å²) >= 11 is 0. The minimum Gasteiger partial charge on any atom is -0.366 e. The largest absolute Gasteiger partial charge is 0.366 e. The van der Waals surface area contributed by atoms with Crippen LogP contribution in [-0.2, 0) is 14.9 Å². The smallest absolute Gasteiger partial charge is 0.288 e. The fraction of sp³-hybridized carbons (Fsp3) is 0.400. The summed E-state index contributed by atoms with van der Waals surface area (Å²) in [5.74, 6) is -0.842. The van der Waals surface area contributed by atoms with E-state index in [1.54, 1.807) is 6.92 Å². The van der Waals surface area contributed by atoms with Gasteiger partial charge in [-0.3, -0.25) is 9.35 Å². The lowest BCUT2D eigenvalue weighted by Crippen LogP contribution is -2.14. The molecule has 0 rings (SSSR count). The standard InChI is InChI=1S/C5H9NO4S/c1-2-4(5(6)7)3-11(8,9)10/h3H,2H2,1H3,(H2,6,7)(H,8,9,10). The number of hydrogen-bond donors (Lipinski definition) is 2. The maximum atomic E-state index is 10.4. The molecule has 0 aliphatic heterocycles. The molecular formula is C5H9NO4S. The zero-order valence-corrected chi connectivity index (χ0v) is 6.76. The minimum absolute atomic E-state index is 0.118. The second-order valence-corrected chi connectivity index (χ2v) is 3.14. The highest BCUT2D eigenvalue weighted by molar-refractivity contribution is 7.88. The van der Waals surface area contributed by atoms with E-state index in [1.807, 2.05) is 0 Å². The van der Waals surface area contributed by atoms with Crippen molar-refractivity contribution in [2.75, 3.05) is 0 Å². The van der Waals surface area contributed by atoms with Crippen LogP contribution in [0.25, 0.3) is 0 Å². The molecule has 0 aromatic rings. The summed E-state index contributed by atoms with van der Waals surface area (Å²) in [6.45, 7) is 1.56. The van der Waals surface area contributed by atoms with Gasteiger partial charge in [-0.25, -0.2) is 0 Å². The molecule has 0 aliphatic rings. The Bertz CT molecular complexity index is 277. The number of carbonyl (C=O) groups excluding carboxylic acids is 1. The molecule has 11 heavy (non-hydrogen) atoms. The molecule has 0 bridgehead atoms. The third-order valence-corrected chi connectivity index (χ3v) is 1.57.